The third-order valence-electron chi connectivity index (χ3n) is 4.49. The number of anilines is 1. The first-order valence-electron chi connectivity index (χ1n) is 10.00. The molecule has 0 radical (unpaired) electrons. The Kier molecular flexibility index (Phi) is 9.96. The number of nitrogens with zero attached hydrogens (tertiary/aromatic N) is 1. The summed E-state index contributed by atoms with van der Waals surface area (Å²) in [5.41, 5.74) is 8.21. The number of nitrogens with one attached hydrogen (secondary N) is 2. The van der Waals surface area contributed by atoms with Crippen molar-refractivity contribution in [2.24, 2.45) is 5.73 Å². The van der Waals surface area contributed by atoms with E-state index in [1.54, 1.807) is 30.6 Å². The predicted octanol–water partition coefficient (Wildman–Crippen LogP) is 2.16. The SMILES string of the molecule is COC(=O)CCc1ccccc1NC(=O)[C@@H](N)CCCNC(=O)OCc1cccnc1. The molecule has 0 saturated heterocycles. The maximum Gasteiger partial charge on any atom is 0.407 e. The fourth-order valence-electron chi connectivity index (χ4n) is 2.75. The Morgan fingerprint density at radius 1 is 1.16 bits per heavy atom. The summed E-state index contributed by atoms with van der Waals surface area (Å²) in [6.07, 6.45) is 4.30. The first-order valence-corrected chi connectivity index (χ1v) is 10.00. The van der Waals surface area contributed by atoms with E-state index in [0.29, 0.717) is 31.5 Å². The van der Waals surface area contributed by atoms with Gasteiger partial charge in [-0.1, -0.05) is 24.3 Å². The summed E-state index contributed by atoms with van der Waals surface area (Å²) in [4.78, 5) is 39.4. The molecule has 0 spiro atoms. The highest BCUT2D eigenvalue weighted by Gasteiger charge is 2.15. The molecule has 2 rings (SSSR count). The van der Waals surface area contributed by atoms with Gasteiger partial charge in [0.15, 0.2) is 0 Å². The summed E-state index contributed by atoms with van der Waals surface area (Å²) in [5.74, 6) is -0.644. The number of aromatic nitrogens is 1. The average molecular weight is 428 g/mol. The largest absolute Gasteiger partial charge is 0.469 e. The highest BCUT2D eigenvalue weighted by Crippen LogP contribution is 2.17. The molecule has 31 heavy (non-hydrogen) atoms. The van der Waals surface area contributed by atoms with Gasteiger partial charge >= 0.3 is 12.1 Å². The zero-order valence-electron chi connectivity index (χ0n) is 17.5. The van der Waals surface area contributed by atoms with Gasteiger partial charge in [0.1, 0.15) is 6.61 Å². The minimum atomic E-state index is -0.734. The minimum Gasteiger partial charge on any atom is -0.469 e. The van der Waals surface area contributed by atoms with Crippen LogP contribution in [0.15, 0.2) is 48.8 Å². The highest BCUT2D eigenvalue weighted by molar-refractivity contribution is 5.95. The monoisotopic (exact) mass is 428 g/mol. The third-order valence-corrected chi connectivity index (χ3v) is 4.49. The van der Waals surface area contributed by atoms with Crippen molar-refractivity contribution >= 4 is 23.7 Å². The van der Waals surface area contributed by atoms with E-state index in [9.17, 15) is 14.4 Å². The second-order valence-corrected chi connectivity index (χ2v) is 6.84. The number of para-hydroxylation sites is 1. The molecular formula is C22H28N4O5. The van der Waals surface area contributed by atoms with Crippen molar-refractivity contribution in [3.8, 4) is 0 Å². The molecule has 0 saturated carbocycles. The van der Waals surface area contributed by atoms with E-state index in [2.05, 4.69) is 20.4 Å². The molecule has 4 N–H and O–H groups in total. The fraction of sp³-hybridized carbons (Fsp3) is 0.364. The Labute approximate surface area is 181 Å². The van der Waals surface area contributed by atoms with Crippen LogP contribution in [0, 0.1) is 0 Å². The second kappa shape index (κ2) is 13.0. The topological polar surface area (TPSA) is 133 Å². The number of pyridine rings is 1. The minimum absolute atomic E-state index is 0.136. The summed E-state index contributed by atoms with van der Waals surface area (Å²) in [7, 11) is 1.34. The second-order valence-electron chi connectivity index (χ2n) is 6.84. The third kappa shape index (κ3) is 8.83. The van der Waals surface area contributed by atoms with E-state index in [1.165, 1.54) is 7.11 Å². The lowest BCUT2D eigenvalue weighted by molar-refractivity contribution is -0.140. The number of aryl methyl sites for hydroxylation is 1. The van der Waals surface area contributed by atoms with Gasteiger partial charge in [-0.25, -0.2) is 4.79 Å². The van der Waals surface area contributed by atoms with E-state index in [1.807, 2.05) is 18.2 Å². The molecule has 0 aliphatic carbocycles. The summed E-state index contributed by atoms with van der Waals surface area (Å²) < 4.78 is 9.74. The summed E-state index contributed by atoms with van der Waals surface area (Å²) in [5, 5.41) is 5.43. The Morgan fingerprint density at radius 2 is 1.97 bits per heavy atom. The van der Waals surface area contributed by atoms with Crippen molar-refractivity contribution in [1.29, 1.82) is 0 Å². The van der Waals surface area contributed by atoms with Gasteiger partial charge in [-0.3, -0.25) is 14.6 Å². The molecule has 9 nitrogen and oxygen atoms in total. The number of rotatable bonds is 11. The van der Waals surface area contributed by atoms with Crippen molar-refractivity contribution in [3.05, 3.63) is 59.9 Å². The molecule has 0 fully saturated rings. The van der Waals surface area contributed by atoms with Gasteiger partial charge in [-0.05, 0) is 37.0 Å². The van der Waals surface area contributed by atoms with E-state index in [0.717, 1.165) is 11.1 Å². The van der Waals surface area contributed by atoms with Gasteiger partial charge in [0, 0.05) is 36.6 Å². The van der Waals surface area contributed by atoms with Crippen LogP contribution in [-0.4, -0.2) is 42.7 Å². The molecule has 1 heterocycles. The zero-order chi connectivity index (χ0) is 22.5. The van der Waals surface area contributed by atoms with Crippen LogP contribution in [-0.2, 0) is 32.1 Å². The Hall–Kier alpha value is -3.46. The van der Waals surface area contributed by atoms with Gasteiger partial charge in [-0.2, -0.15) is 0 Å². The molecule has 0 aliphatic rings. The van der Waals surface area contributed by atoms with Crippen LogP contribution in [0.2, 0.25) is 0 Å². The van der Waals surface area contributed by atoms with Crippen molar-refractivity contribution in [2.75, 3.05) is 19.0 Å². The molecule has 0 aliphatic heterocycles. The van der Waals surface area contributed by atoms with Crippen molar-refractivity contribution < 1.29 is 23.9 Å². The maximum atomic E-state index is 12.4. The predicted molar refractivity (Wildman–Crippen MR) is 115 cm³/mol. The first kappa shape index (κ1) is 23.8. The van der Waals surface area contributed by atoms with Gasteiger partial charge in [0.25, 0.3) is 0 Å². The van der Waals surface area contributed by atoms with Crippen molar-refractivity contribution in [3.63, 3.8) is 0 Å². The lowest BCUT2D eigenvalue weighted by atomic mass is 10.1. The number of ether oxygens (including phenoxy) is 2. The number of esters is 1. The van der Waals surface area contributed by atoms with E-state index in [4.69, 9.17) is 10.5 Å². The van der Waals surface area contributed by atoms with Gasteiger partial charge < -0.3 is 25.8 Å². The van der Waals surface area contributed by atoms with Gasteiger partial charge in [-0.15, -0.1) is 0 Å². The molecule has 1 aromatic heterocycles. The van der Waals surface area contributed by atoms with Crippen LogP contribution >= 0.6 is 0 Å². The lowest BCUT2D eigenvalue weighted by Crippen LogP contribution is -2.36. The molecule has 0 unspecified atom stereocenters. The molecule has 2 amide bonds. The fourth-order valence-corrected chi connectivity index (χ4v) is 2.75. The van der Waals surface area contributed by atoms with E-state index in [-0.39, 0.29) is 24.9 Å². The molecule has 1 aromatic carbocycles. The van der Waals surface area contributed by atoms with E-state index >= 15 is 0 Å². The Bertz CT molecular complexity index is 860. The summed E-state index contributed by atoms with van der Waals surface area (Å²) >= 11 is 0. The van der Waals surface area contributed by atoms with Gasteiger partial charge in [0.05, 0.1) is 13.2 Å². The quantitative estimate of drug-likeness (QED) is 0.369. The number of alkyl carbamates (subject to hydrolysis) is 1. The van der Waals surface area contributed by atoms with Gasteiger partial charge in [0.2, 0.25) is 5.91 Å². The molecule has 0 bridgehead atoms. The number of methoxy groups -OCH3 is 1. The van der Waals surface area contributed by atoms with Crippen molar-refractivity contribution in [2.45, 2.75) is 38.3 Å². The number of hydrogen-bond donors (Lipinski definition) is 3. The summed E-state index contributed by atoms with van der Waals surface area (Å²) in [6, 6.07) is 10.1. The molecular weight excluding hydrogens is 400 g/mol. The Balaban J connectivity index is 1.69. The number of carbonyl (C=O) groups is 3. The smallest absolute Gasteiger partial charge is 0.407 e. The number of nitrogens with two attached hydrogens (primary N) is 1. The van der Waals surface area contributed by atoms with Crippen LogP contribution < -0.4 is 16.4 Å². The maximum absolute atomic E-state index is 12.4. The molecule has 1 atom stereocenters. The lowest BCUT2D eigenvalue weighted by Gasteiger charge is -2.15. The first-order chi connectivity index (χ1) is 15.0. The highest BCUT2D eigenvalue weighted by atomic mass is 16.5. The van der Waals surface area contributed by atoms with Crippen LogP contribution in [0.5, 0.6) is 0 Å². The zero-order valence-corrected chi connectivity index (χ0v) is 17.5. The average Bonchev–Trinajstić information content (AvgIpc) is 2.80. The number of hydrogen-bond acceptors (Lipinski definition) is 7. The van der Waals surface area contributed by atoms with Crippen LogP contribution in [0.3, 0.4) is 0 Å². The normalized spacial score (nSPS) is 11.3. The molecule has 9 heteroatoms. The standard InChI is InChI=1S/C22H28N4O5/c1-30-20(27)11-10-17-7-2-3-9-19(17)26-21(28)18(23)8-5-13-25-22(29)31-15-16-6-4-12-24-14-16/h2-4,6-7,9,12,14,18H,5,8,10-11,13,15,23H2,1H3,(H,25,29)(H,26,28)/t18-/m0/s1. The molecule has 166 valence electrons. The van der Waals surface area contributed by atoms with E-state index < -0.39 is 12.1 Å². The van der Waals surface area contributed by atoms with Crippen LogP contribution in [0.1, 0.15) is 30.4 Å². The van der Waals surface area contributed by atoms with Crippen molar-refractivity contribution in [1.82, 2.24) is 10.3 Å². The Morgan fingerprint density at radius 3 is 2.71 bits per heavy atom. The number of carbonyl (C=O) groups excluding carboxylic acids is 3. The van der Waals surface area contributed by atoms with Crippen LogP contribution in [0.4, 0.5) is 10.5 Å². The molecule has 2 aromatic rings. The number of benzene rings is 1. The number of amides is 2. The summed E-state index contributed by atoms with van der Waals surface area (Å²) in [6.45, 7) is 0.472. The van der Waals surface area contributed by atoms with Crippen LogP contribution in [0.25, 0.3) is 0 Å².